The van der Waals surface area contributed by atoms with E-state index in [0.717, 1.165) is 13.1 Å². The van der Waals surface area contributed by atoms with E-state index in [9.17, 15) is 16.8 Å². The van der Waals surface area contributed by atoms with Gasteiger partial charge in [0, 0.05) is 37.4 Å². The minimum atomic E-state index is -4.47. The monoisotopic (exact) mass is 511 g/mol. The molecule has 0 spiro atoms. The van der Waals surface area contributed by atoms with Gasteiger partial charge in [-0.15, -0.1) is 10.2 Å². The number of nitrogens with one attached hydrogen (secondary N) is 3. The lowest BCUT2D eigenvalue weighted by Crippen LogP contribution is -2.60. The van der Waals surface area contributed by atoms with Gasteiger partial charge < -0.3 is 10.2 Å². The van der Waals surface area contributed by atoms with E-state index in [-0.39, 0.29) is 17.4 Å². The second kappa shape index (κ2) is 9.13. The highest BCUT2D eigenvalue weighted by Crippen LogP contribution is 2.40. The molecular formula is C19H29N9O4S2. The van der Waals surface area contributed by atoms with Gasteiger partial charge in [-0.05, 0) is 56.2 Å². The van der Waals surface area contributed by atoms with Crippen molar-refractivity contribution in [2.75, 3.05) is 44.2 Å². The third kappa shape index (κ3) is 4.55. The van der Waals surface area contributed by atoms with Gasteiger partial charge >= 0.3 is 0 Å². The number of nitrogens with zero attached hydrogens (tertiary/aromatic N) is 5. The molecule has 186 valence electrons. The van der Waals surface area contributed by atoms with Crippen LogP contribution in [0.25, 0.3) is 11.4 Å². The summed E-state index contributed by atoms with van der Waals surface area (Å²) >= 11 is 0. The summed E-state index contributed by atoms with van der Waals surface area (Å²) in [6, 6.07) is 2.93. The van der Waals surface area contributed by atoms with Gasteiger partial charge in [-0.2, -0.15) is 5.21 Å². The van der Waals surface area contributed by atoms with Crippen LogP contribution in [-0.4, -0.2) is 93.7 Å². The second-order valence-corrected chi connectivity index (χ2v) is 12.2. The molecule has 15 heteroatoms. The Kier molecular flexibility index (Phi) is 6.32. The van der Waals surface area contributed by atoms with Gasteiger partial charge in [-0.25, -0.2) is 26.7 Å². The number of anilines is 1. The average molecular weight is 512 g/mol. The maximum atomic E-state index is 13.3. The summed E-state index contributed by atoms with van der Waals surface area (Å²) in [4.78, 5) is 3.52. The minimum Gasteiger partial charge on any atom is -0.368 e. The fourth-order valence-electron chi connectivity index (χ4n) is 5.00. The number of sulfonamides is 2. The van der Waals surface area contributed by atoms with E-state index in [1.807, 2.05) is 4.90 Å². The molecule has 0 saturated carbocycles. The van der Waals surface area contributed by atoms with Crippen molar-refractivity contribution in [3.63, 3.8) is 0 Å². The summed E-state index contributed by atoms with van der Waals surface area (Å²) < 4.78 is 54.7. The Hall–Kier alpha value is -2.17. The van der Waals surface area contributed by atoms with Crippen LogP contribution in [0.5, 0.6) is 0 Å². The molecule has 0 unspecified atom stereocenters. The first-order valence-corrected chi connectivity index (χ1v) is 14.4. The molecule has 4 heterocycles. The Bertz CT molecular complexity index is 1230. The zero-order chi connectivity index (χ0) is 23.9. The van der Waals surface area contributed by atoms with Crippen LogP contribution in [0.3, 0.4) is 0 Å². The molecule has 1 atom stereocenters. The van der Waals surface area contributed by atoms with Crippen LogP contribution in [0.15, 0.2) is 21.9 Å². The highest BCUT2D eigenvalue weighted by atomic mass is 32.2. The van der Waals surface area contributed by atoms with Crippen LogP contribution in [-0.2, 0) is 20.0 Å². The van der Waals surface area contributed by atoms with Crippen LogP contribution >= 0.6 is 0 Å². The van der Waals surface area contributed by atoms with Gasteiger partial charge in [-0.3, -0.25) is 4.90 Å². The summed E-state index contributed by atoms with van der Waals surface area (Å²) in [6.45, 7) is 4.62. The van der Waals surface area contributed by atoms with Gasteiger partial charge in [0.05, 0.1) is 5.56 Å². The molecule has 0 bridgehead atoms. The number of likely N-dealkylation sites (tertiary alicyclic amines) is 1. The third-order valence-electron chi connectivity index (χ3n) is 6.73. The van der Waals surface area contributed by atoms with Crippen molar-refractivity contribution in [2.45, 2.75) is 47.6 Å². The number of primary sulfonamides is 1. The van der Waals surface area contributed by atoms with Gasteiger partial charge in [0.2, 0.25) is 25.9 Å². The Balaban J connectivity index is 1.56. The SMILES string of the molecule is NS(=O)(=O)c1c(S(=O)(=O)N[C@@H]2CCNC2)ccc(N2CC(N3CCCCC3)C2)c1-c1nn[nH]n1. The van der Waals surface area contributed by atoms with Crippen molar-refractivity contribution >= 4 is 25.7 Å². The van der Waals surface area contributed by atoms with Gasteiger partial charge in [0.15, 0.2) is 0 Å². The molecule has 3 aliphatic rings. The Morgan fingerprint density at radius 3 is 2.47 bits per heavy atom. The molecule has 34 heavy (non-hydrogen) atoms. The molecule has 0 radical (unpaired) electrons. The van der Waals surface area contributed by atoms with Crippen LogP contribution in [0, 0.1) is 0 Å². The van der Waals surface area contributed by atoms with Crippen LogP contribution in [0.2, 0.25) is 0 Å². The van der Waals surface area contributed by atoms with E-state index in [4.69, 9.17) is 5.14 Å². The number of tetrazole rings is 1. The lowest BCUT2D eigenvalue weighted by molar-refractivity contribution is 0.139. The van der Waals surface area contributed by atoms with E-state index in [0.29, 0.717) is 44.3 Å². The first-order chi connectivity index (χ1) is 16.2. The summed E-state index contributed by atoms with van der Waals surface area (Å²) in [5.74, 6) is -0.0277. The normalized spacial score (nSPS) is 22.7. The van der Waals surface area contributed by atoms with Crippen LogP contribution in [0.1, 0.15) is 25.7 Å². The number of aromatic nitrogens is 4. The molecule has 0 aliphatic carbocycles. The number of nitrogens with two attached hydrogens (primary N) is 1. The lowest BCUT2D eigenvalue weighted by atomic mass is 10.00. The molecule has 0 amide bonds. The minimum absolute atomic E-state index is 0.0277. The van der Waals surface area contributed by atoms with Gasteiger partial charge in [0.25, 0.3) is 0 Å². The maximum absolute atomic E-state index is 13.3. The fraction of sp³-hybridized carbons (Fsp3) is 0.632. The molecule has 5 rings (SSSR count). The van der Waals surface area contributed by atoms with Crippen LogP contribution in [0.4, 0.5) is 5.69 Å². The summed E-state index contributed by atoms with van der Waals surface area (Å²) in [7, 11) is -8.67. The number of hydrogen-bond acceptors (Lipinski definition) is 10. The highest BCUT2D eigenvalue weighted by Gasteiger charge is 2.38. The molecule has 3 saturated heterocycles. The summed E-state index contributed by atoms with van der Waals surface area (Å²) in [5, 5.41) is 22.5. The van der Waals surface area contributed by atoms with Crippen molar-refractivity contribution in [2.24, 2.45) is 5.14 Å². The van der Waals surface area contributed by atoms with Crippen molar-refractivity contribution in [3.8, 4) is 11.4 Å². The molecule has 1 aromatic carbocycles. The molecule has 13 nitrogen and oxygen atoms in total. The van der Waals surface area contributed by atoms with E-state index in [1.165, 1.54) is 25.3 Å². The van der Waals surface area contributed by atoms with Crippen molar-refractivity contribution < 1.29 is 16.8 Å². The molecular weight excluding hydrogens is 482 g/mol. The predicted octanol–water partition coefficient (Wildman–Crippen LogP) is -1.17. The Morgan fingerprint density at radius 2 is 1.85 bits per heavy atom. The predicted molar refractivity (Wildman–Crippen MR) is 124 cm³/mol. The fourth-order valence-corrected chi connectivity index (χ4v) is 7.87. The first kappa shape index (κ1) is 23.6. The zero-order valence-corrected chi connectivity index (χ0v) is 20.3. The highest BCUT2D eigenvalue weighted by molar-refractivity contribution is 7.92. The number of aromatic amines is 1. The van der Waals surface area contributed by atoms with Crippen molar-refractivity contribution in [1.82, 2.24) is 35.6 Å². The number of rotatable bonds is 7. The number of piperidine rings is 1. The number of H-pyrrole nitrogens is 1. The maximum Gasteiger partial charge on any atom is 0.242 e. The Morgan fingerprint density at radius 1 is 1.09 bits per heavy atom. The third-order valence-corrected chi connectivity index (χ3v) is 9.42. The van der Waals surface area contributed by atoms with Gasteiger partial charge in [0.1, 0.15) is 9.79 Å². The van der Waals surface area contributed by atoms with E-state index < -0.39 is 29.8 Å². The van der Waals surface area contributed by atoms with Crippen LogP contribution < -0.4 is 20.1 Å². The number of benzene rings is 1. The molecule has 5 N–H and O–H groups in total. The van der Waals surface area contributed by atoms with E-state index in [1.54, 1.807) is 6.07 Å². The molecule has 3 fully saturated rings. The standard InChI is InChI=1S/C19H29N9O4S2/c20-33(29,30)18-16(34(31,32)24-13-6-7-21-10-13)5-4-15(17(18)19-22-25-26-23-19)28-11-14(12-28)27-8-2-1-3-9-27/h4-5,13-14,21,24H,1-3,6-12H2,(H2,20,29,30)(H,22,23,25,26)/t13-/m1/s1. The van der Waals surface area contributed by atoms with E-state index >= 15 is 0 Å². The zero-order valence-electron chi connectivity index (χ0n) is 18.6. The number of hydrogen-bond donors (Lipinski definition) is 4. The second-order valence-electron chi connectivity index (χ2n) is 9.03. The summed E-state index contributed by atoms with van der Waals surface area (Å²) in [6.07, 6.45) is 4.20. The quantitative estimate of drug-likeness (QED) is 0.354. The van der Waals surface area contributed by atoms with Crippen molar-refractivity contribution in [1.29, 1.82) is 0 Å². The average Bonchev–Trinajstić information content (AvgIpc) is 3.46. The topological polar surface area (TPSA) is 179 Å². The summed E-state index contributed by atoms with van der Waals surface area (Å²) in [5.41, 5.74) is 0.556. The van der Waals surface area contributed by atoms with Crippen molar-refractivity contribution in [3.05, 3.63) is 12.1 Å². The smallest absolute Gasteiger partial charge is 0.242 e. The largest absolute Gasteiger partial charge is 0.368 e. The molecule has 2 aromatic rings. The Labute approximate surface area is 198 Å². The molecule has 1 aromatic heterocycles. The lowest BCUT2D eigenvalue weighted by Gasteiger charge is -2.48. The first-order valence-electron chi connectivity index (χ1n) is 11.4. The van der Waals surface area contributed by atoms with Gasteiger partial charge in [-0.1, -0.05) is 6.42 Å². The molecule has 3 aliphatic heterocycles. The van der Waals surface area contributed by atoms with E-state index in [2.05, 4.69) is 35.6 Å².